The van der Waals surface area contributed by atoms with Crippen molar-refractivity contribution in [1.29, 1.82) is 0 Å². The Morgan fingerprint density at radius 2 is 1.93 bits per heavy atom. The Morgan fingerprint density at radius 3 is 2.70 bits per heavy atom. The average Bonchev–Trinajstić information content (AvgIpc) is 3.38. The number of nitrogens with one attached hydrogen (secondary N) is 2. The topological polar surface area (TPSA) is 76.9 Å². The van der Waals surface area contributed by atoms with Gasteiger partial charge in [-0.3, -0.25) is 4.57 Å². The number of nitrogens with zero attached hydrogens (tertiary/aromatic N) is 4. The molecule has 3 heterocycles. The molecule has 1 aliphatic carbocycles. The van der Waals surface area contributed by atoms with Crippen molar-refractivity contribution in [3.63, 3.8) is 0 Å². The van der Waals surface area contributed by atoms with Crippen molar-refractivity contribution in [3.8, 4) is 0 Å². The molecule has 1 saturated carbocycles. The van der Waals surface area contributed by atoms with Crippen molar-refractivity contribution in [2.75, 3.05) is 23.8 Å². The molecule has 2 fully saturated rings. The predicted molar refractivity (Wildman–Crippen MR) is 110 cm³/mol. The van der Waals surface area contributed by atoms with Crippen LogP contribution in [0.2, 0.25) is 0 Å². The third-order valence-electron chi connectivity index (χ3n) is 5.82. The van der Waals surface area contributed by atoms with Gasteiger partial charge in [-0.1, -0.05) is 19.3 Å². The monoisotopic (exact) mass is 414 g/mol. The molecule has 0 bridgehead atoms. The Kier molecular flexibility index (Phi) is 5.20. The fourth-order valence-electron chi connectivity index (χ4n) is 4.26. The van der Waals surface area contributed by atoms with E-state index in [1.54, 1.807) is 6.20 Å². The van der Waals surface area contributed by atoms with Crippen molar-refractivity contribution >= 4 is 28.7 Å². The molecule has 30 heavy (non-hydrogen) atoms. The summed E-state index contributed by atoms with van der Waals surface area (Å²) in [6.07, 6.45) is 8.44. The van der Waals surface area contributed by atoms with Crippen molar-refractivity contribution in [1.82, 2.24) is 19.5 Å². The lowest BCUT2D eigenvalue weighted by Crippen LogP contribution is -2.23. The van der Waals surface area contributed by atoms with Crippen LogP contribution in [0.3, 0.4) is 0 Å². The standard InChI is InChI=1S/C21H24F2N6O/c22-13-6-7-17(16(23)10-13)26-21-27-18-11-24-20(25-14-4-2-1-3-5-14)28-19(18)29(21)15-8-9-30-12-15/h6-7,10-11,14-15H,1-5,8-9,12H2,(H,26,27)(H,24,25,28)/t15-/m1/s1. The van der Waals surface area contributed by atoms with Crippen LogP contribution in [0.5, 0.6) is 0 Å². The summed E-state index contributed by atoms with van der Waals surface area (Å²) in [7, 11) is 0. The average molecular weight is 414 g/mol. The fourth-order valence-corrected chi connectivity index (χ4v) is 4.26. The number of ether oxygens (including phenoxy) is 1. The van der Waals surface area contributed by atoms with E-state index in [-0.39, 0.29) is 11.7 Å². The Balaban J connectivity index is 1.51. The van der Waals surface area contributed by atoms with Gasteiger partial charge in [0.2, 0.25) is 11.9 Å². The number of benzene rings is 1. The molecule has 3 aromatic rings. The van der Waals surface area contributed by atoms with Gasteiger partial charge in [0.1, 0.15) is 17.2 Å². The van der Waals surface area contributed by atoms with Crippen LogP contribution in [0.15, 0.2) is 24.4 Å². The maximum Gasteiger partial charge on any atom is 0.224 e. The zero-order valence-electron chi connectivity index (χ0n) is 16.6. The quantitative estimate of drug-likeness (QED) is 0.638. The largest absolute Gasteiger partial charge is 0.379 e. The highest BCUT2D eigenvalue weighted by atomic mass is 19.1. The normalized spacial score (nSPS) is 20.0. The highest BCUT2D eigenvalue weighted by molar-refractivity contribution is 5.76. The van der Waals surface area contributed by atoms with Crippen molar-refractivity contribution < 1.29 is 13.5 Å². The summed E-state index contributed by atoms with van der Waals surface area (Å²) in [5.74, 6) is -0.286. The lowest BCUT2D eigenvalue weighted by Gasteiger charge is -2.22. The summed E-state index contributed by atoms with van der Waals surface area (Å²) in [6.45, 7) is 1.17. The van der Waals surface area contributed by atoms with E-state index in [2.05, 4.69) is 20.6 Å². The van der Waals surface area contributed by atoms with Gasteiger partial charge in [-0.05, 0) is 31.4 Å². The van der Waals surface area contributed by atoms with Crippen LogP contribution in [0, 0.1) is 11.6 Å². The molecule has 1 saturated heterocycles. The number of hydrogen-bond donors (Lipinski definition) is 2. The summed E-state index contributed by atoms with van der Waals surface area (Å²) < 4.78 is 35.0. The van der Waals surface area contributed by atoms with E-state index in [1.165, 1.54) is 31.4 Å². The maximum absolute atomic E-state index is 14.2. The molecule has 5 rings (SSSR count). The summed E-state index contributed by atoms with van der Waals surface area (Å²) in [5.41, 5.74) is 1.44. The molecule has 0 unspecified atom stereocenters. The molecule has 0 radical (unpaired) electrons. The zero-order valence-corrected chi connectivity index (χ0v) is 16.6. The highest BCUT2D eigenvalue weighted by Gasteiger charge is 2.25. The molecular weight excluding hydrogens is 390 g/mol. The summed E-state index contributed by atoms with van der Waals surface area (Å²) in [4.78, 5) is 13.8. The third-order valence-corrected chi connectivity index (χ3v) is 5.82. The number of imidazole rings is 1. The maximum atomic E-state index is 14.2. The van der Waals surface area contributed by atoms with Gasteiger partial charge in [-0.2, -0.15) is 4.98 Å². The Morgan fingerprint density at radius 1 is 1.07 bits per heavy atom. The molecular formula is C21H24F2N6O. The van der Waals surface area contributed by atoms with Gasteiger partial charge in [0.05, 0.1) is 24.5 Å². The predicted octanol–water partition coefficient (Wildman–Crippen LogP) is 4.55. The van der Waals surface area contributed by atoms with Crippen molar-refractivity contribution in [2.24, 2.45) is 0 Å². The molecule has 7 nitrogen and oxygen atoms in total. The minimum absolute atomic E-state index is 0.0263. The zero-order chi connectivity index (χ0) is 20.5. The minimum Gasteiger partial charge on any atom is -0.379 e. The van der Waals surface area contributed by atoms with Crippen LogP contribution in [-0.4, -0.2) is 38.8 Å². The van der Waals surface area contributed by atoms with Crippen LogP contribution in [0.4, 0.5) is 26.4 Å². The summed E-state index contributed by atoms with van der Waals surface area (Å²) in [5, 5.41) is 6.45. The molecule has 2 aliphatic rings. The number of halogens is 2. The van der Waals surface area contributed by atoms with Crippen LogP contribution < -0.4 is 10.6 Å². The van der Waals surface area contributed by atoms with E-state index in [0.717, 1.165) is 25.3 Å². The van der Waals surface area contributed by atoms with Crippen LogP contribution in [0.25, 0.3) is 11.2 Å². The molecule has 2 N–H and O–H groups in total. The van der Waals surface area contributed by atoms with Gasteiger partial charge in [0, 0.05) is 18.7 Å². The third kappa shape index (κ3) is 3.81. The molecule has 1 aromatic carbocycles. The Bertz CT molecular complexity index is 1040. The smallest absolute Gasteiger partial charge is 0.224 e. The lowest BCUT2D eigenvalue weighted by molar-refractivity contribution is 0.187. The van der Waals surface area contributed by atoms with Crippen LogP contribution in [0.1, 0.15) is 44.6 Å². The first-order valence-electron chi connectivity index (χ1n) is 10.5. The first-order chi connectivity index (χ1) is 14.7. The van der Waals surface area contributed by atoms with E-state index in [1.807, 2.05) is 4.57 Å². The number of anilines is 3. The van der Waals surface area contributed by atoms with Crippen molar-refractivity contribution in [2.45, 2.75) is 50.6 Å². The van der Waals surface area contributed by atoms with Gasteiger partial charge in [0.15, 0.2) is 5.65 Å². The van der Waals surface area contributed by atoms with E-state index in [9.17, 15) is 8.78 Å². The van der Waals surface area contributed by atoms with Crippen LogP contribution >= 0.6 is 0 Å². The molecule has 1 aliphatic heterocycles. The van der Waals surface area contributed by atoms with E-state index in [0.29, 0.717) is 42.3 Å². The highest BCUT2D eigenvalue weighted by Crippen LogP contribution is 2.31. The van der Waals surface area contributed by atoms with Crippen molar-refractivity contribution in [3.05, 3.63) is 36.0 Å². The van der Waals surface area contributed by atoms with E-state index < -0.39 is 11.6 Å². The van der Waals surface area contributed by atoms with E-state index in [4.69, 9.17) is 9.72 Å². The minimum atomic E-state index is -0.679. The van der Waals surface area contributed by atoms with Gasteiger partial charge >= 0.3 is 0 Å². The first kappa shape index (κ1) is 19.2. The number of fused-ring (bicyclic) bond motifs is 1. The Hall–Kier alpha value is -2.81. The second-order valence-corrected chi connectivity index (χ2v) is 7.95. The summed E-state index contributed by atoms with van der Waals surface area (Å²) in [6, 6.07) is 3.83. The second kappa shape index (κ2) is 8.14. The molecule has 0 amide bonds. The van der Waals surface area contributed by atoms with Gasteiger partial charge in [-0.25, -0.2) is 18.7 Å². The van der Waals surface area contributed by atoms with Gasteiger partial charge in [-0.15, -0.1) is 0 Å². The van der Waals surface area contributed by atoms with E-state index >= 15 is 0 Å². The first-order valence-corrected chi connectivity index (χ1v) is 10.5. The Labute approximate surface area is 172 Å². The number of rotatable bonds is 5. The molecule has 9 heteroatoms. The van der Waals surface area contributed by atoms with Gasteiger partial charge < -0.3 is 15.4 Å². The molecule has 158 valence electrons. The van der Waals surface area contributed by atoms with Gasteiger partial charge in [0.25, 0.3) is 0 Å². The second-order valence-electron chi connectivity index (χ2n) is 7.95. The lowest BCUT2D eigenvalue weighted by atomic mass is 9.96. The van der Waals surface area contributed by atoms with Crippen LogP contribution in [-0.2, 0) is 4.74 Å². The molecule has 0 spiro atoms. The molecule has 1 atom stereocenters. The fraction of sp³-hybridized carbons (Fsp3) is 0.476. The number of hydrogen-bond acceptors (Lipinski definition) is 6. The SMILES string of the molecule is Fc1ccc(Nc2nc3cnc(NC4CCCCC4)nc3n2[C@@H]2CCOC2)c(F)c1. The number of aromatic nitrogens is 4. The molecule has 2 aromatic heterocycles. The summed E-state index contributed by atoms with van der Waals surface area (Å²) >= 11 is 0.